The predicted octanol–water partition coefficient (Wildman–Crippen LogP) is 4.47. The Morgan fingerprint density at radius 3 is 1.44 bits per heavy atom. The van der Waals surface area contributed by atoms with Gasteiger partial charge in [-0.3, -0.25) is 4.79 Å². The second-order valence-electron chi connectivity index (χ2n) is 12.1. The van der Waals surface area contributed by atoms with Crippen molar-refractivity contribution in [2.24, 2.45) is 10.8 Å². The van der Waals surface area contributed by atoms with E-state index in [1.165, 1.54) is 38.5 Å². The van der Waals surface area contributed by atoms with Gasteiger partial charge in [-0.25, -0.2) is 0 Å². The molecule has 3 rings (SSSR count). The first-order chi connectivity index (χ1) is 13.8. The summed E-state index contributed by atoms with van der Waals surface area (Å²) >= 11 is 2.46. The van der Waals surface area contributed by atoms with Crippen LogP contribution in [0.4, 0.5) is 0 Å². The number of carbonyl (C=O) groups is 1. The second kappa shape index (κ2) is 15.5. The van der Waals surface area contributed by atoms with Crippen LogP contribution in [0.3, 0.4) is 0 Å². The molecule has 3 nitrogen and oxygen atoms in total. The van der Waals surface area contributed by atoms with E-state index in [2.05, 4.69) is 67.7 Å². The standard InChI is InChI=1S/C10H18O.C9H16O.C4H9O.C3H9IS.K/c1-3-9(2)4-6-10(7-5-9)8-11-10;1-3-9(2)6-4-8(10)5-7-9;1-4(2,3)5;1-5(2,3)4;/h3-8H2,1-2H3;3-7H2,1-2H3;2*1-3H3;/q;;-1;;+1. The van der Waals surface area contributed by atoms with Crippen LogP contribution < -0.4 is 56.5 Å². The summed E-state index contributed by atoms with van der Waals surface area (Å²) in [6, 6.07) is 0. The first kappa shape index (κ1) is 36.5. The zero-order chi connectivity index (χ0) is 24.6. The molecule has 2 aliphatic carbocycles. The summed E-state index contributed by atoms with van der Waals surface area (Å²) in [4.78, 5) is 10.9. The van der Waals surface area contributed by atoms with E-state index >= 15 is 0 Å². The minimum Gasteiger partial charge on any atom is -0.850 e. The van der Waals surface area contributed by atoms with Gasteiger partial charge in [-0.05, 0) is 89.3 Å². The Kier molecular flexibility index (Phi) is 17.7. The number of hydrogen-bond acceptors (Lipinski definition) is 3. The molecule has 0 aromatic carbocycles. The monoisotopic (exact) mass is 610 g/mol. The average molecular weight is 611 g/mol. The molecule has 1 heterocycles. The van der Waals surface area contributed by atoms with Crippen molar-refractivity contribution in [3.63, 3.8) is 0 Å². The van der Waals surface area contributed by atoms with Gasteiger partial charge >= 0.3 is 51.4 Å². The fraction of sp³-hybridized carbons (Fsp3) is 0.962. The zero-order valence-electron chi connectivity index (χ0n) is 23.3. The molecule has 0 aromatic heterocycles. The van der Waals surface area contributed by atoms with Gasteiger partial charge in [-0.15, -0.1) is 5.60 Å². The van der Waals surface area contributed by atoms with Gasteiger partial charge in [0, 0.05) is 12.8 Å². The molecular formula is C26H52IKO3S. The van der Waals surface area contributed by atoms with Crippen molar-refractivity contribution >= 4 is 34.2 Å². The third-order valence-corrected chi connectivity index (χ3v) is 6.64. The van der Waals surface area contributed by atoms with Gasteiger partial charge in [0.15, 0.2) is 0 Å². The largest absolute Gasteiger partial charge is 1.00 e. The van der Waals surface area contributed by atoms with Crippen molar-refractivity contribution < 1.29 is 66.0 Å². The maximum Gasteiger partial charge on any atom is 1.00 e. The van der Waals surface area contributed by atoms with Gasteiger partial charge < -0.3 is 9.84 Å². The van der Waals surface area contributed by atoms with Gasteiger partial charge in [0.05, 0.1) is 12.2 Å². The molecule has 188 valence electrons. The van der Waals surface area contributed by atoms with Crippen LogP contribution in [-0.2, 0) is 9.53 Å². The molecular weight excluding hydrogens is 558 g/mol. The molecule has 1 saturated heterocycles. The number of rotatable bonds is 2. The SMILES string of the molecule is CC(C)(C)[O-].CCC1(C)CCC(=O)CC1.CCC1(C)CCC2(CC1)CO2.CS(C)(C)I.[K+]. The van der Waals surface area contributed by atoms with E-state index in [0.29, 0.717) is 22.2 Å². The van der Waals surface area contributed by atoms with Gasteiger partial charge in [0.2, 0.25) is 0 Å². The van der Waals surface area contributed by atoms with Crippen molar-refractivity contribution in [1.29, 1.82) is 0 Å². The first-order valence-electron chi connectivity index (χ1n) is 12.1. The van der Waals surface area contributed by atoms with E-state index in [0.717, 1.165) is 32.3 Å². The molecule has 3 aliphatic rings. The molecule has 0 aromatic rings. The molecule has 32 heavy (non-hydrogen) atoms. The Morgan fingerprint density at radius 2 is 1.19 bits per heavy atom. The number of epoxide rings is 1. The summed E-state index contributed by atoms with van der Waals surface area (Å²) in [6.07, 6.45) is 18.6. The number of Topliss-reactive ketones (excluding diaryl/α,β-unsaturated/α-hetero) is 1. The van der Waals surface area contributed by atoms with E-state index in [-0.39, 0.29) is 58.6 Å². The van der Waals surface area contributed by atoms with E-state index in [1.54, 1.807) is 20.8 Å². The van der Waals surface area contributed by atoms with Crippen molar-refractivity contribution in [1.82, 2.24) is 0 Å². The smallest absolute Gasteiger partial charge is 0.850 e. The second-order valence-corrected chi connectivity index (χ2v) is 23.4. The average Bonchev–Trinajstić information content (AvgIpc) is 3.38. The Balaban J connectivity index is 0. The van der Waals surface area contributed by atoms with E-state index in [4.69, 9.17) is 4.74 Å². The van der Waals surface area contributed by atoms with E-state index in [1.807, 2.05) is 0 Å². The van der Waals surface area contributed by atoms with Crippen molar-refractivity contribution in [3.05, 3.63) is 0 Å². The Bertz CT molecular complexity index is 492. The summed E-state index contributed by atoms with van der Waals surface area (Å²) in [5.41, 5.74) is 0.750. The third kappa shape index (κ3) is 20.5. The minimum atomic E-state index is -0.750. The fourth-order valence-corrected chi connectivity index (χ4v) is 3.54. The molecule has 0 atom stereocenters. The number of halogens is 1. The van der Waals surface area contributed by atoms with Crippen LogP contribution in [0.5, 0.6) is 0 Å². The Morgan fingerprint density at radius 1 is 0.906 bits per heavy atom. The number of carbonyl (C=O) groups excluding carboxylic acids is 1. The normalized spacial score (nSPS) is 29.1. The van der Waals surface area contributed by atoms with Gasteiger partial charge in [-0.2, -0.15) is 7.20 Å². The topological polar surface area (TPSA) is 52.7 Å². The number of hydrogen-bond donors (Lipinski definition) is 0. The molecule has 0 N–H and O–H groups in total. The first-order valence-corrected chi connectivity index (χ1v) is 17.5. The van der Waals surface area contributed by atoms with Crippen LogP contribution in [0.1, 0.15) is 113 Å². The molecule has 0 radical (unpaired) electrons. The Labute approximate surface area is 257 Å². The van der Waals surface area contributed by atoms with E-state index < -0.39 is 5.60 Å². The van der Waals surface area contributed by atoms with Crippen LogP contribution in [0.2, 0.25) is 0 Å². The van der Waals surface area contributed by atoms with Gasteiger partial charge in [-0.1, -0.05) is 61.3 Å². The fourth-order valence-electron chi connectivity index (χ4n) is 3.54. The zero-order valence-corrected chi connectivity index (χ0v) is 29.4. The number of ketones is 1. The van der Waals surface area contributed by atoms with Crippen molar-refractivity contribution in [2.75, 3.05) is 25.4 Å². The maximum absolute atomic E-state index is 10.9. The molecule has 0 bridgehead atoms. The van der Waals surface area contributed by atoms with E-state index in [9.17, 15) is 9.90 Å². The maximum atomic E-state index is 10.9. The summed E-state index contributed by atoms with van der Waals surface area (Å²) < 4.78 is 5.47. The van der Waals surface area contributed by atoms with Gasteiger partial charge in [0.1, 0.15) is 5.78 Å². The minimum absolute atomic E-state index is 0. The summed E-state index contributed by atoms with van der Waals surface area (Å²) in [5, 5.41) is 10.1. The Hall–Kier alpha value is 2.31. The quantitative estimate of drug-likeness (QED) is 0.264. The number of ether oxygens (including phenoxy) is 1. The van der Waals surface area contributed by atoms with Crippen LogP contribution in [0, 0.1) is 10.8 Å². The molecule has 3 fully saturated rings. The van der Waals surface area contributed by atoms with Gasteiger partial charge in [0.25, 0.3) is 0 Å². The molecule has 6 heteroatoms. The van der Waals surface area contributed by atoms with Crippen molar-refractivity contribution in [3.8, 4) is 0 Å². The molecule has 2 saturated carbocycles. The van der Waals surface area contributed by atoms with Crippen LogP contribution in [-0.4, -0.2) is 42.4 Å². The van der Waals surface area contributed by atoms with Crippen LogP contribution in [0.15, 0.2) is 0 Å². The molecule has 0 amide bonds. The summed E-state index contributed by atoms with van der Waals surface area (Å²) in [7, 11) is -0.197. The van der Waals surface area contributed by atoms with Crippen LogP contribution >= 0.6 is 28.4 Å². The molecule has 0 unspecified atom stereocenters. The van der Waals surface area contributed by atoms with Crippen molar-refractivity contribution in [2.45, 2.75) is 124 Å². The molecule has 1 spiro atoms. The summed E-state index contributed by atoms with van der Waals surface area (Å²) in [5.74, 6) is 0.464. The third-order valence-electron chi connectivity index (χ3n) is 6.64. The predicted molar refractivity (Wildman–Crippen MR) is 147 cm³/mol. The molecule has 1 aliphatic heterocycles. The van der Waals surface area contributed by atoms with Crippen LogP contribution in [0.25, 0.3) is 0 Å². The summed E-state index contributed by atoms with van der Waals surface area (Å²) in [6.45, 7) is 15.2.